The van der Waals surface area contributed by atoms with Gasteiger partial charge in [0, 0.05) is 13.0 Å². The molecule has 0 N–H and O–H groups in total. The summed E-state index contributed by atoms with van der Waals surface area (Å²) in [6, 6.07) is 0. The van der Waals surface area contributed by atoms with Crippen molar-refractivity contribution in [1.82, 2.24) is 0 Å². The second kappa shape index (κ2) is 21.7. The number of carbonyl (C=O) groups is 1. The smallest absolute Gasteiger partial charge is 0.305 e. The fourth-order valence-electron chi connectivity index (χ4n) is 3.22. The quantitative estimate of drug-likeness (QED) is 0.152. The van der Waals surface area contributed by atoms with Crippen molar-refractivity contribution < 1.29 is 14.3 Å². The van der Waals surface area contributed by atoms with E-state index in [0.717, 1.165) is 38.2 Å². The van der Waals surface area contributed by atoms with Crippen LogP contribution in [0.1, 0.15) is 124 Å². The van der Waals surface area contributed by atoms with Gasteiger partial charge >= 0.3 is 5.97 Å². The largest absolute Gasteiger partial charge is 0.463 e. The van der Waals surface area contributed by atoms with Crippen LogP contribution < -0.4 is 0 Å². The van der Waals surface area contributed by atoms with Crippen LogP contribution in [0.15, 0.2) is 0 Å². The lowest BCUT2D eigenvalue weighted by atomic mass is 10.0. The van der Waals surface area contributed by atoms with Crippen molar-refractivity contribution >= 4 is 5.97 Å². The Morgan fingerprint density at radius 2 is 1.19 bits per heavy atom. The number of hydrogen-bond donors (Lipinski definition) is 0. The lowest BCUT2D eigenvalue weighted by molar-refractivity contribution is -0.145. The van der Waals surface area contributed by atoms with Gasteiger partial charge in [-0.3, -0.25) is 4.79 Å². The van der Waals surface area contributed by atoms with Gasteiger partial charge in [-0.05, 0) is 18.8 Å². The lowest BCUT2D eigenvalue weighted by Gasteiger charge is -2.06. The van der Waals surface area contributed by atoms with E-state index in [4.69, 9.17) is 9.47 Å². The molecule has 0 fully saturated rings. The van der Waals surface area contributed by atoms with E-state index >= 15 is 0 Å². The molecule has 0 aliphatic heterocycles. The Morgan fingerprint density at radius 1 is 0.667 bits per heavy atom. The van der Waals surface area contributed by atoms with E-state index in [2.05, 4.69) is 20.8 Å². The predicted octanol–water partition coefficient (Wildman–Crippen LogP) is 7.46. The molecular formula is C24H48O3. The molecule has 0 aromatic rings. The van der Waals surface area contributed by atoms with Gasteiger partial charge in [0.2, 0.25) is 0 Å². The average Bonchev–Trinajstić information content (AvgIpc) is 2.64. The van der Waals surface area contributed by atoms with Crippen LogP contribution in [0.3, 0.4) is 0 Å². The third kappa shape index (κ3) is 23.4. The van der Waals surface area contributed by atoms with Crippen LogP contribution in [-0.2, 0) is 14.3 Å². The van der Waals surface area contributed by atoms with Gasteiger partial charge < -0.3 is 9.47 Å². The molecule has 0 aromatic carbocycles. The summed E-state index contributed by atoms with van der Waals surface area (Å²) in [7, 11) is 0. The van der Waals surface area contributed by atoms with Crippen LogP contribution in [0.2, 0.25) is 0 Å². The molecule has 0 aliphatic carbocycles. The molecule has 162 valence electrons. The van der Waals surface area contributed by atoms with Crippen LogP contribution >= 0.6 is 0 Å². The van der Waals surface area contributed by atoms with Gasteiger partial charge in [-0.2, -0.15) is 0 Å². The van der Waals surface area contributed by atoms with Gasteiger partial charge in [0.25, 0.3) is 0 Å². The highest BCUT2D eigenvalue weighted by atomic mass is 16.6. The molecule has 0 amide bonds. The SMILES string of the molecule is CCCCOCCOC(=O)CCCCCCCCCCCCCCC(C)C. The van der Waals surface area contributed by atoms with E-state index in [9.17, 15) is 4.79 Å². The van der Waals surface area contributed by atoms with E-state index in [1.165, 1.54) is 70.6 Å². The summed E-state index contributed by atoms with van der Waals surface area (Å²) >= 11 is 0. The molecule has 0 heterocycles. The zero-order valence-corrected chi connectivity index (χ0v) is 18.7. The van der Waals surface area contributed by atoms with Gasteiger partial charge in [-0.1, -0.05) is 104 Å². The molecule has 0 unspecified atom stereocenters. The van der Waals surface area contributed by atoms with E-state index in [1.807, 2.05) is 0 Å². The molecule has 0 radical (unpaired) electrons. The van der Waals surface area contributed by atoms with Crippen molar-refractivity contribution in [3.63, 3.8) is 0 Å². The summed E-state index contributed by atoms with van der Waals surface area (Å²) < 4.78 is 10.6. The molecule has 0 atom stereocenters. The summed E-state index contributed by atoms with van der Waals surface area (Å²) in [6.45, 7) is 8.48. The molecule has 0 aliphatic rings. The number of ether oxygens (including phenoxy) is 2. The fourth-order valence-corrected chi connectivity index (χ4v) is 3.22. The Kier molecular flexibility index (Phi) is 21.3. The van der Waals surface area contributed by atoms with E-state index in [-0.39, 0.29) is 5.97 Å². The van der Waals surface area contributed by atoms with E-state index < -0.39 is 0 Å². The van der Waals surface area contributed by atoms with Crippen LogP contribution in [0.25, 0.3) is 0 Å². The Morgan fingerprint density at radius 3 is 1.70 bits per heavy atom. The molecule has 0 saturated heterocycles. The van der Waals surface area contributed by atoms with Gasteiger partial charge in [-0.25, -0.2) is 0 Å². The highest BCUT2D eigenvalue weighted by molar-refractivity contribution is 5.69. The maximum atomic E-state index is 11.6. The van der Waals surface area contributed by atoms with Crippen molar-refractivity contribution in [3.05, 3.63) is 0 Å². The standard InChI is InChI=1S/C24H48O3/c1-4-5-20-26-21-22-27-24(25)19-17-15-13-11-9-7-6-8-10-12-14-16-18-23(2)3/h23H,4-22H2,1-3H3. The molecule has 0 saturated carbocycles. The van der Waals surface area contributed by atoms with Crippen molar-refractivity contribution in [2.24, 2.45) is 5.92 Å². The summed E-state index contributed by atoms with van der Waals surface area (Å²) in [4.78, 5) is 11.6. The Labute approximate surface area is 170 Å². The number of unbranched alkanes of at least 4 members (excludes halogenated alkanes) is 12. The number of carbonyl (C=O) groups excluding carboxylic acids is 1. The lowest BCUT2D eigenvalue weighted by Crippen LogP contribution is -2.10. The van der Waals surface area contributed by atoms with Gasteiger partial charge in [0.15, 0.2) is 0 Å². The van der Waals surface area contributed by atoms with E-state index in [0.29, 0.717) is 19.6 Å². The molecule has 0 rings (SSSR count). The summed E-state index contributed by atoms with van der Waals surface area (Å²) in [5.41, 5.74) is 0. The average molecular weight is 385 g/mol. The van der Waals surface area contributed by atoms with Crippen LogP contribution in [0.5, 0.6) is 0 Å². The molecular weight excluding hydrogens is 336 g/mol. The molecule has 0 bridgehead atoms. The van der Waals surface area contributed by atoms with Gasteiger partial charge in [0.1, 0.15) is 6.61 Å². The van der Waals surface area contributed by atoms with Gasteiger partial charge in [-0.15, -0.1) is 0 Å². The second-order valence-corrected chi connectivity index (χ2v) is 8.36. The van der Waals surface area contributed by atoms with Crippen molar-refractivity contribution in [3.8, 4) is 0 Å². The normalized spacial score (nSPS) is 11.3. The van der Waals surface area contributed by atoms with Crippen molar-refractivity contribution in [2.45, 2.75) is 124 Å². The minimum atomic E-state index is -0.0671. The summed E-state index contributed by atoms with van der Waals surface area (Å²) in [5.74, 6) is 0.799. The maximum Gasteiger partial charge on any atom is 0.305 e. The Bertz CT molecular complexity index is 302. The van der Waals surface area contributed by atoms with Gasteiger partial charge in [0.05, 0.1) is 6.61 Å². The van der Waals surface area contributed by atoms with Crippen LogP contribution in [0, 0.1) is 5.92 Å². The predicted molar refractivity (Wildman–Crippen MR) is 116 cm³/mol. The number of esters is 1. The first-order valence-corrected chi connectivity index (χ1v) is 11.9. The highest BCUT2D eigenvalue weighted by Crippen LogP contribution is 2.14. The van der Waals surface area contributed by atoms with Crippen molar-refractivity contribution in [2.75, 3.05) is 19.8 Å². The third-order valence-corrected chi connectivity index (χ3v) is 5.05. The fraction of sp³-hybridized carbons (Fsp3) is 0.958. The topological polar surface area (TPSA) is 35.5 Å². The third-order valence-electron chi connectivity index (χ3n) is 5.05. The Balaban J connectivity index is 3.12. The minimum Gasteiger partial charge on any atom is -0.463 e. The van der Waals surface area contributed by atoms with Crippen LogP contribution in [-0.4, -0.2) is 25.8 Å². The first kappa shape index (κ1) is 26.4. The summed E-state index contributed by atoms with van der Waals surface area (Å²) in [6.07, 6.45) is 20.1. The molecule has 0 spiro atoms. The Hall–Kier alpha value is -0.570. The number of rotatable bonds is 21. The minimum absolute atomic E-state index is 0.0671. The first-order chi connectivity index (χ1) is 13.2. The molecule has 3 nitrogen and oxygen atoms in total. The maximum absolute atomic E-state index is 11.6. The van der Waals surface area contributed by atoms with Crippen LogP contribution in [0.4, 0.5) is 0 Å². The second-order valence-electron chi connectivity index (χ2n) is 8.36. The van der Waals surface area contributed by atoms with Crippen molar-refractivity contribution in [1.29, 1.82) is 0 Å². The zero-order chi connectivity index (χ0) is 20.0. The zero-order valence-electron chi connectivity index (χ0n) is 18.7. The first-order valence-electron chi connectivity index (χ1n) is 11.9. The molecule has 27 heavy (non-hydrogen) atoms. The van der Waals surface area contributed by atoms with E-state index in [1.54, 1.807) is 0 Å². The molecule has 3 heteroatoms. The monoisotopic (exact) mass is 384 g/mol. The summed E-state index contributed by atoms with van der Waals surface area (Å²) in [5, 5.41) is 0. The highest BCUT2D eigenvalue weighted by Gasteiger charge is 2.02. The number of hydrogen-bond acceptors (Lipinski definition) is 3. The molecule has 0 aromatic heterocycles.